The Bertz CT molecular complexity index is 860. The summed E-state index contributed by atoms with van der Waals surface area (Å²) in [7, 11) is 0. The Hall–Kier alpha value is -2.81. The number of H-pyrrole nitrogens is 1. The lowest BCUT2D eigenvalue weighted by molar-refractivity contribution is -0.137. The lowest BCUT2D eigenvalue weighted by atomic mass is 9.95. The molecular weight excluding hydrogens is 286 g/mol. The smallest absolute Gasteiger partial charge is 0.331 e. The van der Waals surface area contributed by atoms with Crippen molar-refractivity contribution >= 4 is 22.4 Å². The number of carbonyl (C=O) groups excluding carboxylic acids is 1. The van der Waals surface area contributed by atoms with Crippen molar-refractivity contribution in [1.82, 2.24) is 4.98 Å². The summed E-state index contributed by atoms with van der Waals surface area (Å²) in [6.07, 6.45) is 1.58. The molecule has 3 heteroatoms. The first kappa shape index (κ1) is 15.1. The van der Waals surface area contributed by atoms with Crippen molar-refractivity contribution in [2.45, 2.75) is 13.8 Å². The molecule has 0 aliphatic rings. The number of aromatic nitrogens is 1. The summed E-state index contributed by atoms with van der Waals surface area (Å²) in [5.74, 6) is -0.323. The van der Waals surface area contributed by atoms with Crippen molar-refractivity contribution in [3.05, 3.63) is 77.5 Å². The molecule has 0 fully saturated rings. The molecule has 3 nitrogen and oxygen atoms in total. The van der Waals surface area contributed by atoms with Crippen molar-refractivity contribution in [3.8, 4) is 0 Å². The summed E-state index contributed by atoms with van der Waals surface area (Å²) >= 11 is 0. The van der Waals surface area contributed by atoms with Crippen LogP contribution in [0.1, 0.15) is 23.7 Å². The molecule has 0 amide bonds. The Balaban J connectivity index is 2.22. The first-order valence-corrected chi connectivity index (χ1v) is 7.72. The van der Waals surface area contributed by atoms with Crippen LogP contribution in [-0.2, 0) is 9.53 Å². The van der Waals surface area contributed by atoms with Crippen LogP contribution in [0.5, 0.6) is 0 Å². The van der Waals surface area contributed by atoms with E-state index in [0.717, 1.165) is 33.3 Å². The summed E-state index contributed by atoms with van der Waals surface area (Å²) in [5.41, 5.74) is 5.00. The molecule has 116 valence electrons. The van der Waals surface area contributed by atoms with Crippen LogP contribution in [0.4, 0.5) is 0 Å². The van der Waals surface area contributed by atoms with Gasteiger partial charge in [-0.3, -0.25) is 0 Å². The van der Waals surface area contributed by atoms with Gasteiger partial charge in [0, 0.05) is 28.2 Å². The lowest BCUT2D eigenvalue weighted by Gasteiger charge is -2.09. The van der Waals surface area contributed by atoms with Crippen LogP contribution in [0.3, 0.4) is 0 Å². The normalized spacial score (nSPS) is 11.7. The van der Waals surface area contributed by atoms with E-state index in [1.54, 1.807) is 6.08 Å². The zero-order valence-electron chi connectivity index (χ0n) is 13.3. The number of esters is 1. The number of para-hydroxylation sites is 1. The van der Waals surface area contributed by atoms with Crippen LogP contribution in [0.2, 0.25) is 0 Å². The Kier molecular flexibility index (Phi) is 4.29. The first-order valence-electron chi connectivity index (χ1n) is 7.72. The molecule has 0 atom stereocenters. The second-order valence-electron chi connectivity index (χ2n) is 5.35. The van der Waals surface area contributed by atoms with Crippen LogP contribution in [0.25, 0.3) is 16.5 Å². The number of fused-ring (bicyclic) bond motifs is 1. The summed E-state index contributed by atoms with van der Waals surface area (Å²) < 4.78 is 5.12. The van der Waals surface area contributed by atoms with Gasteiger partial charge in [0.1, 0.15) is 0 Å². The van der Waals surface area contributed by atoms with Gasteiger partial charge >= 0.3 is 5.97 Å². The molecule has 0 spiro atoms. The number of aryl methyl sites for hydroxylation is 1. The van der Waals surface area contributed by atoms with E-state index in [2.05, 4.69) is 11.1 Å². The molecule has 1 heterocycles. The highest BCUT2D eigenvalue weighted by molar-refractivity contribution is 6.04. The van der Waals surface area contributed by atoms with Gasteiger partial charge < -0.3 is 9.72 Å². The predicted molar refractivity (Wildman–Crippen MR) is 93.2 cm³/mol. The molecule has 0 saturated heterocycles. The third kappa shape index (κ3) is 3.04. The quantitative estimate of drug-likeness (QED) is 0.571. The number of carbonyl (C=O) groups is 1. The maximum atomic E-state index is 12.1. The Morgan fingerprint density at radius 1 is 1.09 bits per heavy atom. The van der Waals surface area contributed by atoms with E-state index < -0.39 is 0 Å². The minimum atomic E-state index is -0.323. The van der Waals surface area contributed by atoms with E-state index in [1.165, 1.54) is 0 Å². The number of ether oxygens (including phenoxy) is 1. The molecule has 0 bridgehead atoms. The fraction of sp³-hybridized carbons (Fsp3) is 0.150. The van der Waals surface area contributed by atoms with Crippen molar-refractivity contribution in [2.75, 3.05) is 6.61 Å². The van der Waals surface area contributed by atoms with Gasteiger partial charge in [0.2, 0.25) is 0 Å². The third-order valence-corrected chi connectivity index (χ3v) is 3.80. The van der Waals surface area contributed by atoms with Crippen LogP contribution in [0, 0.1) is 6.92 Å². The second kappa shape index (κ2) is 6.53. The van der Waals surface area contributed by atoms with Crippen molar-refractivity contribution in [3.63, 3.8) is 0 Å². The maximum Gasteiger partial charge on any atom is 0.331 e. The van der Waals surface area contributed by atoms with Gasteiger partial charge in [-0.05, 0) is 31.1 Å². The molecule has 2 aromatic carbocycles. The van der Waals surface area contributed by atoms with Crippen LogP contribution in [-0.4, -0.2) is 17.6 Å². The average Bonchev–Trinajstić information content (AvgIpc) is 2.89. The lowest BCUT2D eigenvalue weighted by Crippen LogP contribution is -2.02. The van der Waals surface area contributed by atoms with E-state index in [4.69, 9.17) is 4.74 Å². The maximum absolute atomic E-state index is 12.1. The van der Waals surface area contributed by atoms with E-state index in [0.29, 0.717) is 6.61 Å². The number of aromatic amines is 1. The van der Waals surface area contributed by atoms with Crippen molar-refractivity contribution in [2.24, 2.45) is 0 Å². The molecule has 23 heavy (non-hydrogen) atoms. The van der Waals surface area contributed by atoms with Crippen molar-refractivity contribution < 1.29 is 9.53 Å². The number of nitrogens with one attached hydrogen (secondary N) is 1. The topological polar surface area (TPSA) is 42.1 Å². The van der Waals surface area contributed by atoms with Gasteiger partial charge in [0.25, 0.3) is 0 Å². The van der Waals surface area contributed by atoms with Crippen LogP contribution < -0.4 is 0 Å². The summed E-state index contributed by atoms with van der Waals surface area (Å²) in [5, 5.41) is 1.10. The Morgan fingerprint density at radius 3 is 2.52 bits per heavy atom. The predicted octanol–water partition coefficient (Wildman–Crippen LogP) is 4.47. The molecule has 1 aromatic heterocycles. The number of benzene rings is 2. The van der Waals surface area contributed by atoms with Gasteiger partial charge in [-0.15, -0.1) is 0 Å². The van der Waals surface area contributed by atoms with Crippen LogP contribution >= 0.6 is 0 Å². The molecule has 3 rings (SSSR count). The highest BCUT2D eigenvalue weighted by Gasteiger charge is 2.15. The SMILES string of the molecule is CCOC(=O)/C=C(\c1ccccc1)c1c(C)[nH]c2ccccc12. The van der Waals surface area contributed by atoms with E-state index in [9.17, 15) is 4.79 Å². The average molecular weight is 305 g/mol. The molecule has 0 unspecified atom stereocenters. The molecule has 0 radical (unpaired) electrons. The molecule has 0 aliphatic heterocycles. The molecule has 0 saturated carbocycles. The van der Waals surface area contributed by atoms with Gasteiger partial charge in [0.05, 0.1) is 6.61 Å². The minimum absolute atomic E-state index is 0.323. The first-order chi connectivity index (χ1) is 11.2. The standard InChI is InChI=1S/C20H19NO2/c1-3-23-19(22)13-17(15-9-5-4-6-10-15)20-14(2)21-18-12-8-7-11-16(18)20/h4-13,21H,3H2,1-2H3/b17-13+. The monoisotopic (exact) mass is 305 g/mol. The van der Waals surface area contributed by atoms with Gasteiger partial charge in [-0.1, -0.05) is 48.5 Å². The zero-order chi connectivity index (χ0) is 16.2. The molecule has 3 aromatic rings. The van der Waals surface area contributed by atoms with Crippen molar-refractivity contribution in [1.29, 1.82) is 0 Å². The molecular formula is C20H19NO2. The van der Waals surface area contributed by atoms with Gasteiger partial charge in [-0.2, -0.15) is 0 Å². The van der Waals surface area contributed by atoms with Gasteiger partial charge in [0.15, 0.2) is 0 Å². The molecule has 1 N–H and O–H groups in total. The van der Waals surface area contributed by atoms with Gasteiger partial charge in [-0.25, -0.2) is 4.79 Å². The highest BCUT2D eigenvalue weighted by atomic mass is 16.5. The highest BCUT2D eigenvalue weighted by Crippen LogP contribution is 2.32. The third-order valence-electron chi connectivity index (χ3n) is 3.80. The van der Waals surface area contributed by atoms with E-state index >= 15 is 0 Å². The van der Waals surface area contributed by atoms with E-state index in [-0.39, 0.29) is 5.97 Å². The zero-order valence-corrected chi connectivity index (χ0v) is 13.3. The fourth-order valence-electron chi connectivity index (χ4n) is 2.84. The largest absolute Gasteiger partial charge is 0.463 e. The Morgan fingerprint density at radius 2 is 1.78 bits per heavy atom. The number of hydrogen-bond acceptors (Lipinski definition) is 2. The number of hydrogen-bond donors (Lipinski definition) is 1. The minimum Gasteiger partial charge on any atom is -0.463 e. The summed E-state index contributed by atoms with van der Waals surface area (Å²) in [6.45, 7) is 4.20. The number of rotatable bonds is 4. The Labute approximate surface area is 135 Å². The fourth-order valence-corrected chi connectivity index (χ4v) is 2.84. The summed E-state index contributed by atoms with van der Waals surface area (Å²) in [4.78, 5) is 15.5. The second-order valence-corrected chi connectivity index (χ2v) is 5.35. The summed E-state index contributed by atoms with van der Waals surface area (Å²) in [6, 6.07) is 18.0. The van der Waals surface area contributed by atoms with Crippen LogP contribution in [0.15, 0.2) is 60.7 Å². The van der Waals surface area contributed by atoms with E-state index in [1.807, 2.05) is 62.4 Å². The molecule has 0 aliphatic carbocycles.